The van der Waals surface area contributed by atoms with Crippen LogP contribution in [-0.4, -0.2) is 15.0 Å². The van der Waals surface area contributed by atoms with Crippen LogP contribution in [0.1, 0.15) is 31.5 Å². The SMILES string of the molecule is CC(C)(C)c1nc(CNc2ccc3[nH]c(=O)[nH]c3c2)cs1. The fraction of sp³-hybridized carbons (Fsp3) is 0.333. The van der Waals surface area contributed by atoms with Crippen molar-refractivity contribution in [2.75, 3.05) is 5.32 Å². The average Bonchev–Trinajstić information content (AvgIpc) is 3.00. The Bertz CT molecular complexity index is 822. The first-order chi connectivity index (χ1) is 9.91. The van der Waals surface area contributed by atoms with Crippen molar-refractivity contribution < 1.29 is 0 Å². The van der Waals surface area contributed by atoms with Crippen LogP contribution in [-0.2, 0) is 12.0 Å². The normalized spacial score (nSPS) is 12.0. The van der Waals surface area contributed by atoms with E-state index >= 15 is 0 Å². The van der Waals surface area contributed by atoms with Gasteiger partial charge < -0.3 is 15.3 Å². The third-order valence-corrected chi connectivity index (χ3v) is 4.50. The standard InChI is InChI=1S/C15H18N4OS/c1-15(2,3)13-17-10(8-21-13)7-16-9-4-5-11-12(6-9)19-14(20)18-11/h4-6,8,16H,7H2,1-3H3,(H2,18,19,20). The van der Waals surface area contributed by atoms with E-state index in [1.807, 2.05) is 18.2 Å². The van der Waals surface area contributed by atoms with Gasteiger partial charge in [-0.25, -0.2) is 9.78 Å². The highest BCUT2D eigenvalue weighted by Gasteiger charge is 2.17. The highest BCUT2D eigenvalue weighted by molar-refractivity contribution is 7.09. The monoisotopic (exact) mass is 302 g/mol. The Morgan fingerprint density at radius 3 is 2.71 bits per heavy atom. The fourth-order valence-electron chi connectivity index (χ4n) is 2.07. The average molecular weight is 302 g/mol. The van der Waals surface area contributed by atoms with Crippen LogP contribution >= 0.6 is 11.3 Å². The number of thiazole rings is 1. The van der Waals surface area contributed by atoms with E-state index in [0.717, 1.165) is 27.4 Å². The Hall–Kier alpha value is -2.08. The molecule has 0 atom stereocenters. The molecular formula is C15H18N4OS. The van der Waals surface area contributed by atoms with Gasteiger partial charge in [0, 0.05) is 16.5 Å². The molecule has 21 heavy (non-hydrogen) atoms. The second-order valence-electron chi connectivity index (χ2n) is 6.09. The van der Waals surface area contributed by atoms with E-state index in [4.69, 9.17) is 0 Å². The van der Waals surface area contributed by atoms with E-state index in [1.54, 1.807) is 11.3 Å². The van der Waals surface area contributed by atoms with E-state index in [0.29, 0.717) is 6.54 Å². The Labute approximate surface area is 126 Å². The van der Waals surface area contributed by atoms with Crippen molar-refractivity contribution >= 4 is 28.1 Å². The molecule has 0 fully saturated rings. The molecule has 0 amide bonds. The molecule has 3 aromatic rings. The van der Waals surface area contributed by atoms with Gasteiger partial charge in [-0.1, -0.05) is 20.8 Å². The van der Waals surface area contributed by atoms with Crippen molar-refractivity contribution in [2.24, 2.45) is 0 Å². The first-order valence-corrected chi connectivity index (χ1v) is 7.70. The van der Waals surface area contributed by atoms with Gasteiger partial charge in [-0.2, -0.15) is 0 Å². The third-order valence-electron chi connectivity index (χ3n) is 3.18. The maximum Gasteiger partial charge on any atom is 0.323 e. The van der Waals surface area contributed by atoms with Gasteiger partial charge in [-0.15, -0.1) is 11.3 Å². The minimum atomic E-state index is -0.184. The number of rotatable bonds is 3. The van der Waals surface area contributed by atoms with E-state index in [9.17, 15) is 4.79 Å². The lowest BCUT2D eigenvalue weighted by Crippen LogP contribution is -2.11. The third kappa shape index (κ3) is 3.00. The zero-order valence-electron chi connectivity index (χ0n) is 12.3. The maximum atomic E-state index is 11.2. The number of anilines is 1. The summed E-state index contributed by atoms with van der Waals surface area (Å²) in [5, 5.41) is 6.57. The minimum absolute atomic E-state index is 0.0897. The van der Waals surface area contributed by atoms with Crippen LogP contribution in [0.3, 0.4) is 0 Å². The van der Waals surface area contributed by atoms with Crippen LogP contribution in [0, 0.1) is 0 Å². The van der Waals surface area contributed by atoms with E-state index in [-0.39, 0.29) is 11.1 Å². The lowest BCUT2D eigenvalue weighted by atomic mass is 9.98. The first kappa shape index (κ1) is 13.9. The second-order valence-corrected chi connectivity index (χ2v) is 6.95. The molecule has 0 radical (unpaired) electrons. The predicted octanol–water partition coefficient (Wildman–Crippen LogP) is 3.22. The van der Waals surface area contributed by atoms with Crippen LogP contribution in [0.5, 0.6) is 0 Å². The van der Waals surface area contributed by atoms with Gasteiger partial charge in [-0.05, 0) is 18.2 Å². The Balaban J connectivity index is 1.74. The molecule has 5 nitrogen and oxygen atoms in total. The van der Waals surface area contributed by atoms with Crippen molar-refractivity contribution in [3.63, 3.8) is 0 Å². The summed E-state index contributed by atoms with van der Waals surface area (Å²) in [4.78, 5) is 21.4. The van der Waals surface area contributed by atoms with E-state index < -0.39 is 0 Å². The summed E-state index contributed by atoms with van der Waals surface area (Å²) in [6.45, 7) is 7.17. The molecular weight excluding hydrogens is 284 g/mol. The summed E-state index contributed by atoms with van der Waals surface area (Å²) in [6.07, 6.45) is 0. The number of aromatic nitrogens is 3. The van der Waals surface area contributed by atoms with Gasteiger partial charge in [-0.3, -0.25) is 0 Å². The second kappa shape index (κ2) is 5.04. The number of hydrogen-bond donors (Lipinski definition) is 3. The summed E-state index contributed by atoms with van der Waals surface area (Å²) in [6, 6.07) is 5.75. The molecule has 0 aliphatic heterocycles. The predicted molar refractivity (Wildman–Crippen MR) is 87.1 cm³/mol. The van der Waals surface area contributed by atoms with Crippen LogP contribution < -0.4 is 11.0 Å². The molecule has 0 saturated carbocycles. The van der Waals surface area contributed by atoms with Gasteiger partial charge in [0.05, 0.1) is 28.3 Å². The van der Waals surface area contributed by atoms with Crippen molar-refractivity contribution in [3.05, 3.63) is 44.8 Å². The van der Waals surface area contributed by atoms with Crippen LogP contribution in [0.25, 0.3) is 11.0 Å². The number of fused-ring (bicyclic) bond motifs is 1. The van der Waals surface area contributed by atoms with Gasteiger partial charge in [0.2, 0.25) is 0 Å². The van der Waals surface area contributed by atoms with Gasteiger partial charge in [0.15, 0.2) is 0 Å². The minimum Gasteiger partial charge on any atom is -0.379 e. The van der Waals surface area contributed by atoms with Gasteiger partial charge in [0.25, 0.3) is 0 Å². The summed E-state index contributed by atoms with van der Waals surface area (Å²) >= 11 is 1.69. The van der Waals surface area contributed by atoms with Gasteiger partial charge in [0.1, 0.15) is 0 Å². The molecule has 0 aliphatic rings. The number of imidazole rings is 1. The van der Waals surface area contributed by atoms with Crippen molar-refractivity contribution in [1.82, 2.24) is 15.0 Å². The number of benzene rings is 1. The van der Waals surface area contributed by atoms with E-state index in [2.05, 4.69) is 46.4 Å². The summed E-state index contributed by atoms with van der Waals surface area (Å²) in [5.41, 5.74) is 3.52. The topological polar surface area (TPSA) is 73.6 Å². The Morgan fingerprint density at radius 2 is 2.00 bits per heavy atom. The molecule has 0 bridgehead atoms. The Kier molecular flexibility index (Phi) is 3.33. The number of nitrogens with one attached hydrogen (secondary N) is 3. The van der Waals surface area contributed by atoms with Crippen LogP contribution in [0.15, 0.2) is 28.4 Å². The zero-order valence-corrected chi connectivity index (χ0v) is 13.1. The lowest BCUT2D eigenvalue weighted by molar-refractivity contribution is 0.583. The maximum absolute atomic E-state index is 11.2. The van der Waals surface area contributed by atoms with Crippen molar-refractivity contribution in [2.45, 2.75) is 32.7 Å². The molecule has 1 aromatic carbocycles. The fourth-order valence-corrected chi connectivity index (χ4v) is 2.97. The number of aromatic amines is 2. The molecule has 3 rings (SSSR count). The number of nitrogens with zero attached hydrogens (tertiary/aromatic N) is 1. The highest BCUT2D eigenvalue weighted by atomic mass is 32.1. The first-order valence-electron chi connectivity index (χ1n) is 6.82. The highest BCUT2D eigenvalue weighted by Crippen LogP contribution is 2.26. The number of hydrogen-bond acceptors (Lipinski definition) is 4. The van der Waals surface area contributed by atoms with E-state index in [1.165, 1.54) is 0 Å². The smallest absolute Gasteiger partial charge is 0.323 e. The molecule has 2 aromatic heterocycles. The summed E-state index contributed by atoms with van der Waals surface area (Å²) < 4.78 is 0. The van der Waals surface area contributed by atoms with Crippen LogP contribution in [0.4, 0.5) is 5.69 Å². The molecule has 0 unspecified atom stereocenters. The molecule has 3 N–H and O–H groups in total. The van der Waals surface area contributed by atoms with Crippen molar-refractivity contribution in [1.29, 1.82) is 0 Å². The zero-order chi connectivity index (χ0) is 15.0. The largest absolute Gasteiger partial charge is 0.379 e. The summed E-state index contributed by atoms with van der Waals surface area (Å²) in [7, 11) is 0. The Morgan fingerprint density at radius 1 is 1.24 bits per heavy atom. The number of H-pyrrole nitrogens is 2. The molecule has 0 saturated heterocycles. The summed E-state index contributed by atoms with van der Waals surface area (Å²) in [5.74, 6) is 0. The molecule has 0 aliphatic carbocycles. The van der Waals surface area contributed by atoms with Crippen molar-refractivity contribution in [3.8, 4) is 0 Å². The van der Waals surface area contributed by atoms with Crippen LogP contribution in [0.2, 0.25) is 0 Å². The molecule has 2 heterocycles. The molecule has 0 spiro atoms. The van der Waals surface area contributed by atoms with Gasteiger partial charge >= 0.3 is 5.69 Å². The molecule has 6 heteroatoms. The lowest BCUT2D eigenvalue weighted by Gasteiger charge is -2.13. The quantitative estimate of drug-likeness (QED) is 0.695. The molecule has 110 valence electrons.